The van der Waals surface area contributed by atoms with Gasteiger partial charge in [-0.25, -0.2) is 0 Å². The summed E-state index contributed by atoms with van der Waals surface area (Å²) >= 11 is 0. The van der Waals surface area contributed by atoms with E-state index in [1.54, 1.807) is 0 Å². The van der Waals surface area contributed by atoms with E-state index in [1.165, 1.54) is 19.3 Å². The van der Waals surface area contributed by atoms with E-state index < -0.39 is 0 Å². The van der Waals surface area contributed by atoms with E-state index in [0.717, 1.165) is 38.5 Å². The molecule has 3 nitrogen and oxygen atoms in total. The molecule has 0 aromatic carbocycles. The van der Waals surface area contributed by atoms with Gasteiger partial charge in [0.2, 0.25) is 5.91 Å². The van der Waals surface area contributed by atoms with Crippen LogP contribution >= 0.6 is 0 Å². The number of hydrogen-bond acceptors (Lipinski definition) is 2. The van der Waals surface area contributed by atoms with E-state index in [2.05, 4.69) is 19.2 Å². The SMILES string of the molecule is CC(C)CCCCOCCCCNC(=O)C(C)(C)C. The van der Waals surface area contributed by atoms with Gasteiger partial charge in [0.05, 0.1) is 0 Å². The summed E-state index contributed by atoms with van der Waals surface area (Å²) in [6.45, 7) is 12.8. The number of hydrogen-bond donors (Lipinski definition) is 1. The Kier molecular flexibility index (Phi) is 9.94. The lowest BCUT2D eigenvalue weighted by Crippen LogP contribution is -2.35. The molecule has 0 aliphatic rings. The van der Waals surface area contributed by atoms with Crippen molar-refractivity contribution in [2.24, 2.45) is 11.3 Å². The summed E-state index contributed by atoms with van der Waals surface area (Å²) in [7, 11) is 0. The van der Waals surface area contributed by atoms with E-state index in [4.69, 9.17) is 4.74 Å². The molecule has 0 radical (unpaired) electrons. The Balaban J connectivity index is 3.22. The Morgan fingerprint density at radius 3 is 2.16 bits per heavy atom. The van der Waals surface area contributed by atoms with Crippen LogP contribution in [0.3, 0.4) is 0 Å². The number of carbonyl (C=O) groups excluding carboxylic acids is 1. The van der Waals surface area contributed by atoms with Gasteiger partial charge in [0, 0.05) is 25.2 Å². The molecule has 0 aromatic rings. The number of nitrogens with one attached hydrogen (secondary N) is 1. The molecule has 0 saturated carbocycles. The quantitative estimate of drug-likeness (QED) is 0.614. The average molecular weight is 271 g/mol. The Hall–Kier alpha value is -0.570. The summed E-state index contributed by atoms with van der Waals surface area (Å²) in [6.07, 6.45) is 5.74. The number of carbonyl (C=O) groups is 1. The fourth-order valence-electron chi connectivity index (χ4n) is 1.65. The second kappa shape index (κ2) is 10.2. The standard InChI is InChI=1S/C16H33NO2/c1-14(2)10-6-8-12-19-13-9-7-11-17-15(18)16(3,4)5/h14H,6-13H2,1-5H3,(H,17,18). The third-order valence-corrected chi connectivity index (χ3v) is 3.00. The Bertz CT molecular complexity index is 231. The van der Waals surface area contributed by atoms with Gasteiger partial charge in [0.25, 0.3) is 0 Å². The summed E-state index contributed by atoms with van der Waals surface area (Å²) in [5, 5.41) is 2.95. The van der Waals surface area contributed by atoms with E-state index in [9.17, 15) is 4.79 Å². The van der Waals surface area contributed by atoms with Gasteiger partial charge in [0.1, 0.15) is 0 Å². The first-order valence-corrected chi connectivity index (χ1v) is 7.70. The van der Waals surface area contributed by atoms with Gasteiger partial charge in [0.15, 0.2) is 0 Å². The number of unbranched alkanes of at least 4 members (excludes halogenated alkanes) is 2. The Morgan fingerprint density at radius 2 is 1.63 bits per heavy atom. The monoisotopic (exact) mass is 271 g/mol. The van der Waals surface area contributed by atoms with Gasteiger partial charge in [-0.3, -0.25) is 4.79 Å². The van der Waals surface area contributed by atoms with Crippen LogP contribution in [-0.4, -0.2) is 25.7 Å². The molecular weight excluding hydrogens is 238 g/mol. The third-order valence-electron chi connectivity index (χ3n) is 3.00. The molecule has 0 atom stereocenters. The first kappa shape index (κ1) is 18.4. The van der Waals surface area contributed by atoms with Crippen LogP contribution in [0.4, 0.5) is 0 Å². The van der Waals surface area contributed by atoms with Crippen molar-refractivity contribution in [1.29, 1.82) is 0 Å². The normalized spacial score (nSPS) is 11.9. The zero-order valence-electron chi connectivity index (χ0n) is 13.6. The van der Waals surface area contributed by atoms with Crippen molar-refractivity contribution in [3.8, 4) is 0 Å². The molecule has 0 aliphatic carbocycles. The molecule has 0 bridgehead atoms. The highest BCUT2D eigenvalue weighted by molar-refractivity contribution is 5.81. The summed E-state index contributed by atoms with van der Waals surface area (Å²) in [6, 6.07) is 0. The molecule has 114 valence electrons. The van der Waals surface area contributed by atoms with Gasteiger partial charge < -0.3 is 10.1 Å². The molecule has 0 saturated heterocycles. The maximum absolute atomic E-state index is 11.6. The minimum atomic E-state index is -0.285. The van der Waals surface area contributed by atoms with Gasteiger partial charge >= 0.3 is 0 Å². The molecule has 0 spiro atoms. The van der Waals surface area contributed by atoms with Crippen molar-refractivity contribution in [2.45, 2.75) is 66.7 Å². The van der Waals surface area contributed by atoms with E-state index >= 15 is 0 Å². The number of rotatable bonds is 10. The van der Waals surface area contributed by atoms with Crippen LogP contribution in [0.1, 0.15) is 66.7 Å². The van der Waals surface area contributed by atoms with Crippen molar-refractivity contribution < 1.29 is 9.53 Å². The summed E-state index contributed by atoms with van der Waals surface area (Å²) in [5.41, 5.74) is -0.285. The molecule has 0 unspecified atom stereocenters. The molecule has 19 heavy (non-hydrogen) atoms. The van der Waals surface area contributed by atoms with Crippen molar-refractivity contribution in [2.75, 3.05) is 19.8 Å². The topological polar surface area (TPSA) is 38.3 Å². The average Bonchev–Trinajstić information content (AvgIpc) is 2.29. The summed E-state index contributed by atoms with van der Waals surface area (Å²) in [5.74, 6) is 0.925. The van der Waals surface area contributed by atoms with Crippen LogP contribution in [0, 0.1) is 11.3 Å². The van der Waals surface area contributed by atoms with Crippen LogP contribution in [0.2, 0.25) is 0 Å². The van der Waals surface area contributed by atoms with E-state index in [1.807, 2.05) is 20.8 Å². The fraction of sp³-hybridized carbons (Fsp3) is 0.938. The molecule has 3 heteroatoms. The molecule has 1 amide bonds. The second-order valence-electron chi connectivity index (χ2n) is 6.72. The van der Waals surface area contributed by atoms with Gasteiger partial charge in [-0.2, -0.15) is 0 Å². The maximum Gasteiger partial charge on any atom is 0.225 e. The summed E-state index contributed by atoms with van der Waals surface area (Å²) in [4.78, 5) is 11.6. The predicted molar refractivity (Wildman–Crippen MR) is 81.2 cm³/mol. The zero-order valence-corrected chi connectivity index (χ0v) is 13.6. The molecule has 0 aliphatic heterocycles. The van der Waals surface area contributed by atoms with Gasteiger partial charge in [-0.05, 0) is 25.2 Å². The van der Waals surface area contributed by atoms with Gasteiger partial charge in [-0.15, -0.1) is 0 Å². The first-order valence-electron chi connectivity index (χ1n) is 7.70. The lowest BCUT2D eigenvalue weighted by molar-refractivity contribution is -0.128. The highest BCUT2D eigenvalue weighted by atomic mass is 16.5. The fourth-order valence-corrected chi connectivity index (χ4v) is 1.65. The van der Waals surface area contributed by atoms with Crippen molar-refractivity contribution in [3.05, 3.63) is 0 Å². The van der Waals surface area contributed by atoms with Crippen LogP contribution in [0.25, 0.3) is 0 Å². The van der Waals surface area contributed by atoms with Crippen LogP contribution < -0.4 is 5.32 Å². The minimum absolute atomic E-state index is 0.127. The largest absolute Gasteiger partial charge is 0.381 e. The minimum Gasteiger partial charge on any atom is -0.381 e. The van der Waals surface area contributed by atoms with Crippen molar-refractivity contribution in [3.63, 3.8) is 0 Å². The highest BCUT2D eigenvalue weighted by Gasteiger charge is 2.19. The number of ether oxygens (including phenoxy) is 1. The molecule has 0 fully saturated rings. The molecule has 0 heterocycles. The third kappa shape index (κ3) is 12.2. The maximum atomic E-state index is 11.6. The van der Waals surface area contributed by atoms with E-state index in [0.29, 0.717) is 0 Å². The molecular formula is C16H33NO2. The van der Waals surface area contributed by atoms with Crippen molar-refractivity contribution in [1.82, 2.24) is 5.32 Å². The first-order chi connectivity index (χ1) is 8.84. The van der Waals surface area contributed by atoms with Crippen molar-refractivity contribution >= 4 is 5.91 Å². The zero-order chi connectivity index (χ0) is 14.7. The predicted octanol–water partition coefficient (Wildman–Crippen LogP) is 3.77. The van der Waals surface area contributed by atoms with Crippen LogP contribution in [-0.2, 0) is 9.53 Å². The van der Waals surface area contributed by atoms with Gasteiger partial charge in [-0.1, -0.05) is 47.5 Å². The Morgan fingerprint density at radius 1 is 1.05 bits per heavy atom. The smallest absolute Gasteiger partial charge is 0.225 e. The molecule has 0 rings (SSSR count). The van der Waals surface area contributed by atoms with Crippen LogP contribution in [0.5, 0.6) is 0 Å². The summed E-state index contributed by atoms with van der Waals surface area (Å²) < 4.78 is 5.58. The molecule has 1 N–H and O–H groups in total. The number of amides is 1. The Labute approximate surface area is 119 Å². The lowest BCUT2D eigenvalue weighted by Gasteiger charge is -2.17. The molecule has 0 aromatic heterocycles. The van der Waals surface area contributed by atoms with E-state index in [-0.39, 0.29) is 11.3 Å². The second-order valence-corrected chi connectivity index (χ2v) is 6.72. The van der Waals surface area contributed by atoms with Crippen LogP contribution in [0.15, 0.2) is 0 Å². The highest BCUT2D eigenvalue weighted by Crippen LogP contribution is 2.12. The lowest BCUT2D eigenvalue weighted by atomic mass is 9.96.